The summed E-state index contributed by atoms with van der Waals surface area (Å²) in [7, 11) is 0. The van der Waals surface area contributed by atoms with Crippen LogP contribution in [0.25, 0.3) is 0 Å². The second kappa shape index (κ2) is 5.43. The van der Waals surface area contributed by atoms with Crippen LogP contribution >= 0.6 is 0 Å². The molecule has 1 aliphatic rings. The molecule has 0 amide bonds. The Morgan fingerprint density at radius 2 is 1.78 bits per heavy atom. The number of hydrogen-bond donors (Lipinski definition) is 2. The van der Waals surface area contributed by atoms with Crippen molar-refractivity contribution >= 4 is 11.9 Å². The van der Waals surface area contributed by atoms with Crippen LogP contribution in [0.2, 0.25) is 0 Å². The molecule has 0 saturated carbocycles. The highest BCUT2D eigenvalue weighted by Gasteiger charge is 2.30. The summed E-state index contributed by atoms with van der Waals surface area (Å²) >= 11 is 0. The quantitative estimate of drug-likeness (QED) is 0.762. The SMILES string of the molecule is Cc1ccc([C@H]2C[C@H](c3ccccc3)n3nc(N)nc3N2)cc1. The molecule has 3 N–H and O–H groups in total. The van der Waals surface area contributed by atoms with E-state index in [1.54, 1.807) is 0 Å². The van der Waals surface area contributed by atoms with Crippen molar-refractivity contribution < 1.29 is 0 Å². The van der Waals surface area contributed by atoms with Gasteiger partial charge >= 0.3 is 0 Å². The van der Waals surface area contributed by atoms with Gasteiger partial charge in [-0.2, -0.15) is 4.98 Å². The lowest BCUT2D eigenvalue weighted by Crippen LogP contribution is -2.28. The summed E-state index contributed by atoms with van der Waals surface area (Å²) in [4.78, 5) is 4.34. The lowest BCUT2D eigenvalue weighted by molar-refractivity contribution is 0.431. The minimum absolute atomic E-state index is 0.128. The number of aryl methyl sites for hydroxylation is 1. The van der Waals surface area contributed by atoms with Gasteiger partial charge in [0.25, 0.3) is 0 Å². The maximum atomic E-state index is 5.82. The number of nitrogens with zero attached hydrogens (tertiary/aromatic N) is 3. The topological polar surface area (TPSA) is 68.8 Å². The van der Waals surface area contributed by atoms with Crippen LogP contribution in [0.15, 0.2) is 54.6 Å². The van der Waals surface area contributed by atoms with Gasteiger partial charge in [-0.15, -0.1) is 5.10 Å². The molecular formula is C18H19N5. The Morgan fingerprint density at radius 3 is 2.52 bits per heavy atom. The Morgan fingerprint density at radius 1 is 1.04 bits per heavy atom. The molecule has 0 bridgehead atoms. The van der Waals surface area contributed by atoms with Gasteiger partial charge < -0.3 is 11.1 Å². The van der Waals surface area contributed by atoms with Crippen LogP contribution in [0.4, 0.5) is 11.9 Å². The number of benzene rings is 2. The molecule has 2 heterocycles. The van der Waals surface area contributed by atoms with Crippen LogP contribution in [-0.2, 0) is 0 Å². The fourth-order valence-electron chi connectivity index (χ4n) is 3.16. The third-order valence-corrected chi connectivity index (χ3v) is 4.37. The van der Waals surface area contributed by atoms with Gasteiger partial charge in [0, 0.05) is 0 Å². The fourth-order valence-corrected chi connectivity index (χ4v) is 3.16. The van der Waals surface area contributed by atoms with Crippen molar-refractivity contribution in [2.45, 2.75) is 25.4 Å². The normalized spacial score (nSPS) is 19.9. The summed E-state index contributed by atoms with van der Waals surface area (Å²) in [6.45, 7) is 2.10. The van der Waals surface area contributed by atoms with Crippen molar-refractivity contribution in [3.05, 3.63) is 71.3 Å². The molecule has 0 saturated heterocycles. The van der Waals surface area contributed by atoms with Crippen molar-refractivity contribution in [2.24, 2.45) is 0 Å². The van der Waals surface area contributed by atoms with E-state index in [2.05, 4.69) is 70.9 Å². The van der Waals surface area contributed by atoms with E-state index in [0.29, 0.717) is 5.95 Å². The number of rotatable bonds is 2. The Balaban J connectivity index is 1.75. The van der Waals surface area contributed by atoms with Gasteiger partial charge in [-0.1, -0.05) is 60.2 Å². The molecule has 0 aliphatic carbocycles. The van der Waals surface area contributed by atoms with Crippen molar-refractivity contribution in [3.63, 3.8) is 0 Å². The van der Waals surface area contributed by atoms with Crippen molar-refractivity contribution in [1.82, 2.24) is 14.8 Å². The van der Waals surface area contributed by atoms with Crippen LogP contribution in [0.3, 0.4) is 0 Å². The molecule has 1 aliphatic heterocycles. The van der Waals surface area contributed by atoms with Gasteiger partial charge in [-0.25, -0.2) is 4.68 Å². The maximum Gasteiger partial charge on any atom is 0.241 e. The first-order valence-corrected chi connectivity index (χ1v) is 7.81. The van der Waals surface area contributed by atoms with Crippen molar-refractivity contribution in [3.8, 4) is 0 Å². The smallest absolute Gasteiger partial charge is 0.241 e. The first kappa shape index (κ1) is 13.8. The Labute approximate surface area is 135 Å². The van der Waals surface area contributed by atoms with Crippen LogP contribution in [-0.4, -0.2) is 14.8 Å². The van der Waals surface area contributed by atoms with E-state index >= 15 is 0 Å². The first-order valence-electron chi connectivity index (χ1n) is 7.81. The van der Waals surface area contributed by atoms with Crippen LogP contribution < -0.4 is 11.1 Å². The predicted molar refractivity (Wildman–Crippen MR) is 91.2 cm³/mol. The summed E-state index contributed by atoms with van der Waals surface area (Å²) < 4.78 is 1.90. The summed E-state index contributed by atoms with van der Waals surface area (Å²) in [5.41, 5.74) is 9.55. The molecule has 1 aromatic heterocycles. The molecule has 5 heteroatoms. The molecule has 116 valence electrons. The van der Waals surface area contributed by atoms with Gasteiger partial charge in [0.2, 0.25) is 11.9 Å². The van der Waals surface area contributed by atoms with E-state index < -0.39 is 0 Å². The zero-order valence-electron chi connectivity index (χ0n) is 13.0. The molecule has 0 unspecified atom stereocenters. The molecule has 0 spiro atoms. The standard InChI is InChI=1S/C18H19N5/c1-12-7-9-13(10-8-12)15-11-16(14-5-3-2-4-6-14)23-18(20-15)21-17(19)22-23/h2-10,15-16H,11H2,1H3,(H3,19,20,21,22)/t15-,16-/m1/s1. The van der Waals surface area contributed by atoms with E-state index in [0.717, 1.165) is 12.4 Å². The predicted octanol–water partition coefficient (Wildman–Crippen LogP) is 3.32. The second-order valence-electron chi connectivity index (χ2n) is 6.01. The fraction of sp³-hybridized carbons (Fsp3) is 0.222. The lowest BCUT2D eigenvalue weighted by Gasteiger charge is -2.31. The van der Waals surface area contributed by atoms with E-state index in [1.807, 2.05) is 10.7 Å². The van der Waals surface area contributed by atoms with Gasteiger partial charge in [-0.05, 0) is 24.5 Å². The largest absolute Gasteiger partial charge is 0.366 e. The third kappa shape index (κ3) is 2.54. The summed E-state index contributed by atoms with van der Waals surface area (Å²) in [6.07, 6.45) is 0.906. The molecule has 0 fully saturated rings. The minimum Gasteiger partial charge on any atom is -0.366 e. The molecule has 2 aromatic carbocycles. The van der Waals surface area contributed by atoms with E-state index in [4.69, 9.17) is 5.73 Å². The number of hydrogen-bond acceptors (Lipinski definition) is 4. The highest BCUT2D eigenvalue weighted by molar-refractivity contribution is 5.41. The zero-order chi connectivity index (χ0) is 15.8. The minimum atomic E-state index is 0.128. The Kier molecular flexibility index (Phi) is 3.26. The summed E-state index contributed by atoms with van der Waals surface area (Å²) in [5, 5.41) is 7.83. The number of anilines is 2. The van der Waals surface area contributed by atoms with E-state index in [1.165, 1.54) is 16.7 Å². The van der Waals surface area contributed by atoms with Crippen LogP contribution in [0, 0.1) is 6.92 Å². The van der Waals surface area contributed by atoms with Gasteiger partial charge in [-0.3, -0.25) is 0 Å². The van der Waals surface area contributed by atoms with E-state index in [9.17, 15) is 0 Å². The molecule has 2 atom stereocenters. The molecule has 23 heavy (non-hydrogen) atoms. The summed E-state index contributed by atoms with van der Waals surface area (Å²) in [6, 6.07) is 19.3. The highest BCUT2D eigenvalue weighted by atomic mass is 15.4. The van der Waals surface area contributed by atoms with Gasteiger partial charge in [0.15, 0.2) is 0 Å². The van der Waals surface area contributed by atoms with Crippen molar-refractivity contribution in [1.29, 1.82) is 0 Å². The monoisotopic (exact) mass is 305 g/mol. The third-order valence-electron chi connectivity index (χ3n) is 4.37. The lowest BCUT2D eigenvalue weighted by atomic mass is 9.93. The van der Waals surface area contributed by atoms with E-state index in [-0.39, 0.29) is 12.1 Å². The molecule has 0 radical (unpaired) electrons. The Hall–Kier alpha value is -2.82. The Bertz CT molecular complexity index is 807. The number of fused-ring (bicyclic) bond motifs is 1. The van der Waals surface area contributed by atoms with Crippen LogP contribution in [0.5, 0.6) is 0 Å². The average molecular weight is 305 g/mol. The first-order chi connectivity index (χ1) is 11.2. The zero-order valence-corrected chi connectivity index (χ0v) is 13.0. The van der Waals surface area contributed by atoms with Crippen molar-refractivity contribution in [2.75, 3.05) is 11.1 Å². The number of aromatic nitrogens is 3. The maximum absolute atomic E-state index is 5.82. The molecule has 4 rings (SSSR count). The van der Waals surface area contributed by atoms with Gasteiger partial charge in [0.05, 0.1) is 12.1 Å². The van der Waals surface area contributed by atoms with Gasteiger partial charge in [0.1, 0.15) is 0 Å². The summed E-state index contributed by atoms with van der Waals surface area (Å²) in [5.74, 6) is 1.03. The number of nitrogen functional groups attached to an aromatic ring is 1. The average Bonchev–Trinajstić information content (AvgIpc) is 2.95. The number of nitrogens with one attached hydrogen (secondary N) is 1. The molecular weight excluding hydrogens is 286 g/mol. The molecule has 5 nitrogen and oxygen atoms in total. The van der Waals surface area contributed by atoms with Crippen LogP contribution in [0.1, 0.15) is 35.2 Å². The number of nitrogens with two attached hydrogens (primary N) is 1. The second-order valence-corrected chi connectivity index (χ2v) is 6.01. The highest BCUT2D eigenvalue weighted by Crippen LogP contribution is 2.37. The molecule has 3 aromatic rings.